The molecule has 0 heterocycles. The van der Waals surface area contributed by atoms with Gasteiger partial charge in [-0.1, -0.05) is 19.1 Å². The quantitative estimate of drug-likeness (QED) is 0.873. The maximum Gasteiger partial charge on any atom is 0.414 e. The number of methoxy groups -OCH3 is 1. The van der Waals surface area contributed by atoms with Crippen LogP contribution >= 0.6 is 0 Å². The Bertz CT molecular complexity index is 423. The Hall–Kier alpha value is -1.27. The second-order valence-electron chi connectivity index (χ2n) is 4.59. The van der Waals surface area contributed by atoms with Gasteiger partial charge in [0.15, 0.2) is 6.10 Å². The highest BCUT2D eigenvalue weighted by Crippen LogP contribution is 2.31. The maximum absolute atomic E-state index is 12.6. The molecule has 114 valence electrons. The summed E-state index contributed by atoms with van der Waals surface area (Å²) in [6, 6.07) is 6.22. The zero-order valence-corrected chi connectivity index (χ0v) is 11.8. The zero-order valence-electron chi connectivity index (χ0n) is 11.8. The van der Waals surface area contributed by atoms with Gasteiger partial charge in [-0.2, -0.15) is 13.2 Å². The van der Waals surface area contributed by atoms with Gasteiger partial charge >= 0.3 is 6.18 Å². The molecule has 0 saturated heterocycles. The Balaban J connectivity index is 3.00. The Morgan fingerprint density at radius 2 is 1.95 bits per heavy atom. The lowest BCUT2D eigenvalue weighted by molar-refractivity contribution is -0.229. The molecule has 3 atom stereocenters. The van der Waals surface area contributed by atoms with Gasteiger partial charge in [-0.15, -0.1) is 0 Å². The second-order valence-corrected chi connectivity index (χ2v) is 4.59. The molecule has 0 aliphatic rings. The van der Waals surface area contributed by atoms with Crippen LogP contribution < -0.4 is 10.5 Å². The van der Waals surface area contributed by atoms with Gasteiger partial charge in [-0.3, -0.25) is 0 Å². The molecule has 1 aromatic carbocycles. The van der Waals surface area contributed by atoms with E-state index in [0.29, 0.717) is 17.7 Å². The van der Waals surface area contributed by atoms with Crippen molar-refractivity contribution >= 4 is 0 Å². The van der Waals surface area contributed by atoms with E-state index in [1.807, 2.05) is 0 Å². The van der Waals surface area contributed by atoms with Crippen LogP contribution in [0, 0.1) is 0 Å². The highest BCUT2D eigenvalue weighted by Gasteiger charge is 2.39. The first-order valence-corrected chi connectivity index (χ1v) is 6.41. The van der Waals surface area contributed by atoms with E-state index >= 15 is 0 Å². The predicted molar refractivity (Wildman–Crippen MR) is 70.6 cm³/mol. The van der Waals surface area contributed by atoms with Crippen molar-refractivity contribution in [2.75, 3.05) is 7.11 Å². The fraction of sp³-hybridized carbons (Fsp3) is 0.571. The monoisotopic (exact) mass is 291 g/mol. The summed E-state index contributed by atoms with van der Waals surface area (Å²) in [5.74, 6) is 0.555. The smallest absolute Gasteiger partial charge is 0.414 e. The molecule has 0 radical (unpaired) electrons. The van der Waals surface area contributed by atoms with Crippen molar-refractivity contribution in [3.8, 4) is 5.75 Å². The number of halogens is 3. The molecule has 3 unspecified atom stereocenters. The fourth-order valence-corrected chi connectivity index (χ4v) is 1.76. The Morgan fingerprint density at radius 3 is 2.45 bits per heavy atom. The summed E-state index contributed by atoms with van der Waals surface area (Å²) in [7, 11) is 1.49. The number of benzene rings is 1. The summed E-state index contributed by atoms with van der Waals surface area (Å²) in [5.41, 5.74) is 6.48. The van der Waals surface area contributed by atoms with Crippen molar-refractivity contribution in [1.82, 2.24) is 0 Å². The number of nitrogens with two attached hydrogens (primary N) is 1. The van der Waals surface area contributed by atoms with Gasteiger partial charge in [-0.25, -0.2) is 0 Å². The molecule has 0 aliphatic heterocycles. The van der Waals surface area contributed by atoms with E-state index in [0.717, 1.165) is 6.92 Å². The lowest BCUT2D eigenvalue weighted by Gasteiger charge is -2.28. The van der Waals surface area contributed by atoms with Crippen molar-refractivity contribution in [1.29, 1.82) is 0 Å². The molecule has 0 amide bonds. The van der Waals surface area contributed by atoms with E-state index in [2.05, 4.69) is 0 Å². The first kappa shape index (κ1) is 16.8. The fourth-order valence-electron chi connectivity index (χ4n) is 1.76. The topological polar surface area (TPSA) is 44.5 Å². The molecule has 0 spiro atoms. The van der Waals surface area contributed by atoms with E-state index in [1.54, 1.807) is 31.2 Å². The molecule has 20 heavy (non-hydrogen) atoms. The summed E-state index contributed by atoms with van der Waals surface area (Å²) < 4.78 is 48.2. The highest BCUT2D eigenvalue weighted by molar-refractivity contribution is 5.30. The number of hydrogen-bond donors (Lipinski definition) is 1. The standard InChI is InChI=1S/C14H20F3NO2/c1-4-12(18)13(20-9(2)14(15,16)17)10-6-5-7-11(8-10)19-3/h5-9,12-13H,4,18H2,1-3H3. The number of ether oxygens (including phenoxy) is 2. The molecule has 6 heteroatoms. The van der Waals surface area contributed by atoms with Crippen molar-refractivity contribution < 1.29 is 22.6 Å². The molecule has 0 saturated carbocycles. The third-order valence-electron chi connectivity index (χ3n) is 3.09. The molecule has 1 rings (SSSR count). The highest BCUT2D eigenvalue weighted by atomic mass is 19.4. The molecule has 0 aliphatic carbocycles. The van der Waals surface area contributed by atoms with Crippen LogP contribution in [-0.4, -0.2) is 25.4 Å². The summed E-state index contributed by atoms with van der Waals surface area (Å²) in [5, 5.41) is 0. The van der Waals surface area contributed by atoms with Crippen LogP contribution in [-0.2, 0) is 4.74 Å². The van der Waals surface area contributed by atoms with Gasteiger partial charge in [0.05, 0.1) is 13.2 Å². The van der Waals surface area contributed by atoms with E-state index in [9.17, 15) is 13.2 Å². The largest absolute Gasteiger partial charge is 0.497 e. The minimum atomic E-state index is -4.41. The zero-order chi connectivity index (χ0) is 15.3. The van der Waals surface area contributed by atoms with Crippen LogP contribution in [0.2, 0.25) is 0 Å². The van der Waals surface area contributed by atoms with E-state index in [4.69, 9.17) is 15.2 Å². The lowest BCUT2D eigenvalue weighted by Crippen LogP contribution is -2.37. The molecule has 1 aromatic rings. The summed E-state index contributed by atoms with van der Waals surface area (Å²) in [6.45, 7) is 2.79. The predicted octanol–water partition coefficient (Wildman–Crippen LogP) is 3.44. The van der Waals surface area contributed by atoms with Gasteiger partial charge in [0, 0.05) is 6.04 Å². The number of hydrogen-bond acceptors (Lipinski definition) is 3. The average Bonchev–Trinajstić information content (AvgIpc) is 2.42. The Labute approximate surface area is 116 Å². The average molecular weight is 291 g/mol. The van der Waals surface area contributed by atoms with Crippen LogP contribution in [0.15, 0.2) is 24.3 Å². The van der Waals surface area contributed by atoms with E-state index in [-0.39, 0.29) is 0 Å². The van der Waals surface area contributed by atoms with Crippen molar-refractivity contribution in [2.24, 2.45) is 5.73 Å². The van der Waals surface area contributed by atoms with Crippen LogP contribution in [0.1, 0.15) is 31.9 Å². The lowest BCUT2D eigenvalue weighted by atomic mass is 10.0. The third kappa shape index (κ3) is 4.38. The molecule has 0 fully saturated rings. The summed E-state index contributed by atoms with van der Waals surface area (Å²) in [4.78, 5) is 0. The molecule has 0 bridgehead atoms. The van der Waals surface area contributed by atoms with Gasteiger partial charge < -0.3 is 15.2 Å². The van der Waals surface area contributed by atoms with Crippen molar-refractivity contribution in [3.05, 3.63) is 29.8 Å². The van der Waals surface area contributed by atoms with E-state index in [1.165, 1.54) is 7.11 Å². The third-order valence-corrected chi connectivity index (χ3v) is 3.09. The minimum absolute atomic E-state index is 0.506. The van der Waals surface area contributed by atoms with Gasteiger partial charge in [0.2, 0.25) is 0 Å². The Morgan fingerprint density at radius 1 is 1.30 bits per heavy atom. The first-order chi connectivity index (χ1) is 9.29. The van der Waals surface area contributed by atoms with Crippen LogP contribution in [0.3, 0.4) is 0 Å². The maximum atomic E-state index is 12.6. The van der Waals surface area contributed by atoms with Crippen LogP contribution in [0.25, 0.3) is 0 Å². The first-order valence-electron chi connectivity index (χ1n) is 6.41. The number of rotatable bonds is 6. The van der Waals surface area contributed by atoms with Crippen LogP contribution in [0.5, 0.6) is 5.75 Å². The molecular formula is C14H20F3NO2. The normalized spacial score (nSPS) is 16.6. The summed E-state index contributed by atoms with van der Waals surface area (Å²) in [6.07, 6.45) is -6.61. The van der Waals surface area contributed by atoms with Gasteiger partial charge in [0.1, 0.15) is 5.75 Å². The van der Waals surface area contributed by atoms with Gasteiger partial charge in [-0.05, 0) is 31.0 Å². The van der Waals surface area contributed by atoms with Crippen molar-refractivity contribution in [3.63, 3.8) is 0 Å². The summed E-state index contributed by atoms with van der Waals surface area (Å²) >= 11 is 0. The SMILES string of the molecule is CCC(N)C(OC(C)C(F)(F)F)c1cccc(OC)c1. The van der Waals surface area contributed by atoms with Gasteiger partial charge in [0.25, 0.3) is 0 Å². The molecule has 3 nitrogen and oxygen atoms in total. The number of alkyl halides is 3. The van der Waals surface area contributed by atoms with E-state index < -0.39 is 24.4 Å². The minimum Gasteiger partial charge on any atom is -0.497 e. The van der Waals surface area contributed by atoms with Crippen LogP contribution in [0.4, 0.5) is 13.2 Å². The molecule has 0 aromatic heterocycles. The Kier molecular flexibility index (Phi) is 5.83. The van der Waals surface area contributed by atoms with Crippen molar-refractivity contribution in [2.45, 2.75) is 44.7 Å². The molecule has 2 N–H and O–H groups in total. The molecular weight excluding hydrogens is 271 g/mol. The second kappa shape index (κ2) is 6.95.